The summed E-state index contributed by atoms with van der Waals surface area (Å²) in [5.41, 5.74) is 5.56. The fourth-order valence-corrected chi connectivity index (χ4v) is 3.62. The Bertz CT molecular complexity index is 1030. The summed E-state index contributed by atoms with van der Waals surface area (Å²) in [7, 11) is 0. The maximum Gasteiger partial charge on any atom is 0.338 e. The van der Waals surface area contributed by atoms with E-state index in [1.807, 2.05) is 49.4 Å². The van der Waals surface area contributed by atoms with E-state index in [4.69, 9.17) is 17.0 Å². The SMILES string of the molecule is CCOC(=O)c1cccc(NC(=S)NC(c2ccccc2)c2ccccc2C)c1C. The molecule has 0 aliphatic carbocycles. The minimum absolute atomic E-state index is 0.0963. The number of rotatable bonds is 6. The molecule has 0 aliphatic heterocycles. The molecule has 3 rings (SSSR count). The molecule has 0 fully saturated rings. The lowest BCUT2D eigenvalue weighted by Crippen LogP contribution is -2.33. The maximum absolute atomic E-state index is 12.2. The van der Waals surface area contributed by atoms with Crippen LogP contribution < -0.4 is 10.6 Å². The van der Waals surface area contributed by atoms with Gasteiger partial charge in [-0.3, -0.25) is 0 Å². The number of benzene rings is 3. The Morgan fingerprint density at radius 3 is 2.37 bits per heavy atom. The van der Waals surface area contributed by atoms with Gasteiger partial charge in [0.05, 0.1) is 18.2 Å². The van der Waals surface area contributed by atoms with Gasteiger partial charge in [-0.05, 0) is 67.4 Å². The van der Waals surface area contributed by atoms with E-state index in [9.17, 15) is 4.79 Å². The number of ether oxygens (including phenoxy) is 1. The van der Waals surface area contributed by atoms with Crippen molar-refractivity contribution in [3.05, 3.63) is 101 Å². The lowest BCUT2D eigenvalue weighted by molar-refractivity contribution is 0.0525. The van der Waals surface area contributed by atoms with E-state index in [0.717, 1.165) is 22.4 Å². The van der Waals surface area contributed by atoms with Gasteiger partial charge in [0.15, 0.2) is 5.11 Å². The Morgan fingerprint density at radius 1 is 0.967 bits per heavy atom. The van der Waals surface area contributed by atoms with Gasteiger partial charge in [0, 0.05) is 5.69 Å². The average molecular weight is 419 g/mol. The van der Waals surface area contributed by atoms with Crippen LogP contribution in [-0.2, 0) is 4.74 Å². The van der Waals surface area contributed by atoms with Crippen LogP contribution in [0.3, 0.4) is 0 Å². The van der Waals surface area contributed by atoms with Crippen LogP contribution in [0.4, 0.5) is 5.69 Å². The minimum atomic E-state index is -0.334. The zero-order chi connectivity index (χ0) is 21.5. The molecule has 0 aromatic heterocycles. The molecule has 0 amide bonds. The van der Waals surface area contributed by atoms with Gasteiger partial charge in [-0.15, -0.1) is 0 Å². The topological polar surface area (TPSA) is 50.4 Å². The van der Waals surface area contributed by atoms with Gasteiger partial charge in [-0.1, -0.05) is 60.7 Å². The third-order valence-corrected chi connectivity index (χ3v) is 5.21. The molecule has 0 aliphatic rings. The van der Waals surface area contributed by atoms with E-state index in [1.165, 1.54) is 5.56 Å². The fraction of sp³-hybridized carbons (Fsp3) is 0.200. The van der Waals surface area contributed by atoms with E-state index in [0.29, 0.717) is 17.3 Å². The van der Waals surface area contributed by atoms with Crippen LogP contribution in [0.25, 0.3) is 0 Å². The number of carbonyl (C=O) groups is 1. The fourth-order valence-electron chi connectivity index (χ4n) is 3.39. The second kappa shape index (κ2) is 10.0. The number of hydrogen-bond donors (Lipinski definition) is 2. The summed E-state index contributed by atoms with van der Waals surface area (Å²) in [4.78, 5) is 12.2. The molecule has 1 unspecified atom stereocenters. The van der Waals surface area contributed by atoms with Crippen LogP contribution in [0.2, 0.25) is 0 Å². The van der Waals surface area contributed by atoms with Gasteiger partial charge in [-0.25, -0.2) is 4.79 Å². The molecule has 3 aromatic carbocycles. The second-order valence-corrected chi connectivity index (χ2v) is 7.41. The zero-order valence-electron chi connectivity index (χ0n) is 17.4. The predicted octanol–water partition coefficient (Wildman–Crippen LogP) is 5.56. The highest BCUT2D eigenvalue weighted by atomic mass is 32.1. The summed E-state index contributed by atoms with van der Waals surface area (Å²) in [5, 5.41) is 7.18. The number of thiocarbonyl (C=S) groups is 1. The highest BCUT2D eigenvalue weighted by Gasteiger charge is 2.18. The molecule has 154 valence electrons. The number of anilines is 1. The summed E-state index contributed by atoms with van der Waals surface area (Å²) in [6, 6.07) is 23.8. The third kappa shape index (κ3) is 5.05. The average Bonchev–Trinajstić information content (AvgIpc) is 2.75. The molecule has 5 heteroatoms. The maximum atomic E-state index is 12.2. The largest absolute Gasteiger partial charge is 0.462 e. The van der Waals surface area contributed by atoms with Gasteiger partial charge in [0.25, 0.3) is 0 Å². The van der Waals surface area contributed by atoms with Gasteiger partial charge in [0.1, 0.15) is 0 Å². The normalized spacial score (nSPS) is 11.4. The summed E-state index contributed by atoms with van der Waals surface area (Å²) in [5.74, 6) is -0.334. The Morgan fingerprint density at radius 2 is 1.67 bits per heavy atom. The molecule has 0 bridgehead atoms. The monoisotopic (exact) mass is 418 g/mol. The van der Waals surface area contributed by atoms with Crippen molar-refractivity contribution in [2.24, 2.45) is 0 Å². The van der Waals surface area contributed by atoms with Crippen molar-refractivity contribution in [1.29, 1.82) is 0 Å². The van der Waals surface area contributed by atoms with E-state index in [2.05, 4.69) is 41.8 Å². The van der Waals surface area contributed by atoms with Crippen molar-refractivity contribution in [3.8, 4) is 0 Å². The minimum Gasteiger partial charge on any atom is -0.462 e. The number of esters is 1. The first-order chi connectivity index (χ1) is 14.5. The van der Waals surface area contributed by atoms with Crippen LogP contribution in [-0.4, -0.2) is 17.7 Å². The summed E-state index contributed by atoms with van der Waals surface area (Å²) >= 11 is 5.64. The first-order valence-electron chi connectivity index (χ1n) is 9.96. The smallest absolute Gasteiger partial charge is 0.338 e. The Labute approximate surface area is 183 Å². The van der Waals surface area contributed by atoms with Crippen molar-refractivity contribution in [2.75, 3.05) is 11.9 Å². The van der Waals surface area contributed by atoms with Gasteiger partial charge < -0.3 is 15.4 Å². The molecular formula is C25H26N2O2S. The number of aryl methyl sites for hydroxylation is 1. The first kappa shape index (κ1) is 21.5. The molecule has 3 aromatic rings. The molecule has 2 N–H and O–H groups in total. The highest BCUT2D eigenvalue weighted by Crippen LogP contribution is 2.26. The third-order valence-electron chi connectivity index (χ3n) is 4.99. The number of nitrogens with one attached hydrogen (secondary N) is 2. The van der Waals surface area contributed by atoms with E-state index in [1.54, 1.807) is 13.0 Å². The Hall–Kier alpha value is -3.18. The standard InChI is InChI=1S/C25H26N2O2S/c1-4-29-24(28)21-15-10-16-22(18(21)3)26-25(30)27-23(19-12-6-5-7-13-19)20-14-9-8-11-17(20)2/h5-16,23H,4H2,1-3H3,(H2,26,27,30). The second-order valence-electron chi connectivity index (χ2n) is 7.00. The lowest BCUT2D eigenvalue weighted by Gasteiger charge is -2.24. The van der Waals surface area contributed by atoms with Crippen molar-refractivity contribution >= 4 is 29.0 Å². The van der Waals surface area contributed by atoms with Gasteiger partial charge in [-0.2, -0.15) is 0 Å². The Balaban J connectivity index is 1.85. The van der Waals surface area contributed by atoms with Gasteiger partial charge in [0.2, 0.25) is 0 Å². The van der Waals surface area contributed by atoms with Crippen LogP contribution in [0.15, 0.2) is 72.8 Å². The highest BCUT2D eigenvalue weighted by molar-refractivity contribution is 7.80. The summed E-state index contributed by atoms with van der Waals surface area (Å²) in [6.45, 7) is 6.11. The molecule has 0 heterocycles. The molecule has 0 radical (unpaired) electrons. The number of hydrogen-bond acceptors (Lipinski definition) is 3. The van der Waals surface area contributed by atoms with E-state index < -0.39 is 0 Å². The molecule has 1 atom stereocenters. The molecule has 30 heavy (non-hydrogen) atoms. The number of carbonyl (C=O) groups excluding carboxylic acids is 1. The van der Waals surface area contributed by atoms with Crippen LogP contribution >= 0.6 is 12.2 Å². The molecule has 0 saturated heterocycles. The molecule has 4 nitrogen and oxygen atoms in total. The predicted molar refractivity (Wildman–Crippen MR) is 126 cm³/mol. The quantitative estimate of drug-likeness (QED) is 0.406. The van der Waals surface area contributed by atoms with E-state index >= 15 is 0 Å². The lowest BCUT2D eigenvalue weighted by atomic mass is 9.95. The summed E-state index contributed by atoms with van der Waals surface area (Å²) < 4.78 is 5.15. The van der Waals surface area contributed by atoms with Crippen molar-refractivity contribution in [1.82, 2.24) is 5.32 Å². The van der Waals surface area contributed by atoms with Crippen LogP contribution in [0, 0.1) is 13.8 Å². The van der Waals surface area contributed by atoms with Crippen LogP contribution in [0.1, 0.15) is 45.6 Å². The molecular weight excluding hydrogens is 392 g/mol. The van der Waals surface area contributed by atoms with Crippen molar-refractivity contribution < 1.29 is 9.53 Å². The van der Waals surface area contributed by atoms with Crippen molar-refractivity contribution in [2.45, 2.75) is 26.8 Å². The van der Waals surface area contributed by atoms with E-state index in [-0.39, 0.29) is 12.0 Å². The molecule has 0 spiro atoms. The zero-order valence-corrected chi connectivity index (χ0v) is 18.3. The van der Waals surface area contributed by atoms with Gasteiger partial charge >= 0.3 is 5.97 Å². The van der Waals surface area contributed by atoms with Crippen LogP contribution in [0.5, 0.6) is 0 Å². The first-order valence-corrected chi connectivity index (χ1v) is 10.4. The Kier molecular flexibility index (Phi) is 7.20. The van der Waals surface area contributed by atoms with Crippen molar-refractivity contribution in [3.63, 3.8) is 0 Å². The summed E-state index contributed by atoms with van der Waals surface area (Å²) in [6.07, 6.45) is 0. The molecule has 0 saturated carbocycles.